The molecule has 1 aliphatic heterocycles. The number of nitrogens with one attached hydrogen (secondary N) is 2. The van der Waals surface area contributed by atoms with Crippen molar-refractivity contribution in [2.75, 3.05) is 42.2 Å². The molecule has 1 heterocycles. The summed E-state index contributed by atoms with van der Waals surface area (Å²) < 4.78 is 30.0. The monoisotopic (exact) mass is 355 g/mol. The molecule has 2 N–H and O–H groups in total. The number of methoxy groups -OCH3 is 1. The summed E-state index contributed by atoms with van der Waals surface area (Å²) in [5.74, 6) is -1.39. The number of hydrogen-bond donors (Lipinski definition) is 2. The lowest BCUT2D eigenvalue weighted by molar-refractivity contribution is -0.136. The van der Waals surface area contributed by atoms with Gasteiger partial charge in [0.25, 0.3) is 0 Å². The Hall–Kier alpha value is -2.13. The molecule has 1 aromatic rings. The molecule has 2 rings (SSSR count). The summed E-state index contributed by atoms with van der Waals surface area (Å²) in [4.78, 5) is 23.5. The van der Waals surface area contributed by atoms with Crippen LogP contribution in [0, 0.1) is 6.92 Å². The predicted octanol–water partition coefficient (Wildman–Crippen LogP) is 0.236. The van der Waals surface area contributed by atoms with E-state index in [4.69, 9.17) is 4.74 Å². The zero-order chi connectivity index (χ0) is 17.7. The highest BCUT2D eigenvalue weighted by atomic mass is 32.2. The molecule has 9 heteroatoms. The van der Waals surface area contributed by atoms with E-state index in [1.807, 2.05) is 0 Å². The van der Waals surface area contributed by atoms with Crippen molar-refractivity contribution in [3.63, 3.8) is 0 Å². The number of hydrogen-bond acceptors (Lipinski definition) is 5. The lowest BCUT2D eigenvalue weighted by Crippen LogP contribution is -2.37. The number of carbonyl (C=O) groups excluding carboxylic acids is 2. The average molecular weight is 355 g/mol. The molecule has 1 fully saturated rings. The van der Waals surface area contributed by atoms with Gasteiger partial charge in [-0.25, -0.2) is 8.42 Å². The molecule has 8 nitrogen and oxygen atoms in total. The molecule has 0 spiro atoms. The Kier molecular flexibility index (Phi) is 5.79. The standard InChI is InChI=1S/C15H21N3O5S/c1-11-10-12(18-7-3-9-24(18,21)22)4-5-13(11)17-15(20)14(19)16-6-8-23-2/h4-5,10H,3,6-9H2,1-2H3,(H,16,19)(H,17,20). The number of ether oxygens (including phenoxy) is 1. The van der Waals surface area contributed by atoms with Crippen LogP contribution in [0.25, 0.3) is 0 Å². The summed E-state index contributed by atoms with van der Waals surface area (Å²) in [5, 5.41) is 4.94. The molecule has 1 saturated heterocycles. The fraction of sp³-hybridized carbons (Fsp3) is 0.467. The molecule has 1 aromatic carbocycles. The van der Waals surface area contributed by atoms with E-state index >= 15 is 0 Å². The second-order valence-electron chi connectivity index (χ2n) is 5.44. The van der Waals surface area contributed by atoms with Crippen molar-refractivity contribution < 1.29 is 22.7 Å². The lowest BCUT2D eigenvalue weighted by Gasteiger charge is -2.18. The minimum atomic E-state index is -3.25. The van der Waals surface area contributed by atoms with E-state index in [1.165, 1.54) is 11.4 Å². The topological polar surface area (TPSA) is 105 Å². The summed E-state index contributed by atoms with van der Waals surface area (Å²) in [6.45, 7) is 2.75. The van der Waals surface area contributed by atoms with E-state index < -0.39 is 21.8 Å². The number of rotatable bonds is 5. The van der Waals surface area contributed by atoms with Gasteiger partial charge in [0.05, 0.1) is 18.0 Å². The maximum atomic E-state index is 11.9. The smallest absolute Gasteiger partial charge is 0.313 e. The first-order valence-electron chi connectivity index (χ1n) is 7.54. The summed E-state index contributed by atoms with van der Waals surface area (Å²) in [6.07, 6.45) is 0.599. The van der Waals surface area contributed by atoms with Gasteiger partial charge in [0, 0.05) is 25.9 Å². The fourth-order valence-corrected chi connectivity index (χ4v) is 3.96. The van der Waals surface area contributed by atoms with Gasteiger partial charge in [-0.15, -0.1) is 0 Å². The first-order chi connectivity index (χ1) is 11.3. The zero-order valence-corrected chi connectivity index (χ0v) is 14.5. The third-order valence-corrected chi connectivity index (χ3v) is 5.51. The Morgan fingerprint density at radius 2 is 2.04 bits per heavy atom. The highest BCUT2D eigenvalue weighted by Gasteiger charge is 2.28. The minimum Gasteiger partial charge on any atom is -0.383 e. The van der Waals surface area contributed by atoms with Crippen molar-refractivity contribution >= 4 is 33.2 Å². The molecular formula is C15H21N3O5S. The van der Waals surface area contributed by atoms with Crippen LogP contribution in [0.2, 0.25) is 0 Å². The molecule has 0 saturated carbocycles. The van der Waals surface area contributed by atoms with Crippen molar-refractivity contribution in [2.45, 2.75) is 13.3 Å². The SMILES string of the molecule is COCCNC(=O)C(=O)Nc1ccc(N2CCCS2(=O)=O)cc1C. The Morgan fingerprint density at radius 3 is 2.62 bits per heavy atom. The third-order valence-electron chi connectivity index (χ3n) is 3.64. The molecule has 24 heavy (non-hydrogen) atoms. The van der Waals surface area contributed by atoms with Crippen LogP contribution in [-0.4, -0.2) is 52.8 Å². The highest BCUT2D eigenvalue weighted by Crippen LogP contribution is 2.27. The van der Waals surface area contributed by atoms with Gasteiger partial charge in [-0.1, -0.05) is 0 Å². The van der Waals surface area contributed by atoms with Crippen LogP contribution < -0.4 is 14.9 Å². The molecule has 1 aliphatic rings. The number of benzene rings is 1. The molecule has 0 bridgehead atoms. The molecule has 0 unspecified atom stereocenters. The van der Waals surface area contributed by atoms with E-state index in [2.05, 4.69) is 10.6 Å². The largest absolute Gasteiger partial charge is 0.383 e. The van der Waals surface area contributed by atoms with Gasteiger partial charge in [0.1, 0.15) is 0 Å². The number of anilines is 2. The first kappa shape index (κ1) is 18.2. The molecule has 0 aliphatic carbocycles. The summed E-state index contributed by atoms with van der Waals surface area (Å²) in [7, 11) is -1.75. The van der Waals surface area contributed by atoms with Gasteiger partial charge < -0.3 is 15.4 Å². The molecule has 0 atom stereocenters. The van der Waals surface area contributed by atoms with Crippen LogP contribution in [-0.2, 0) is 24.3 Å². The maximum absolute atomic E-state index is 11.9. The Morgan fingerprint density at radius 1 is 1.29 bits per heavy atom. The van der Waals surface area contributed by atoms with Crippen molar-refractivity contribution in [1.29, 1.82) is 0 Å². The molecule has 2 amide bonds. The van der Waals surface area contributed by atoms with Crippen LogP contribution in [0.3, 0.4) is 0 Å². The normalized spacial score (nSPS) is 16.0. The predicted molar refractivity (Wildman–Crippen MR) is 90.4 cm³/mol. The molecule has 0 radical (unpaired) electrons. The first-order valence-corrected chi connectivity index (χ1v) is 9.15. The van der Waals surface area contributed by atoms with Crippen molar-refractivity contribution in [2.24, 2.45) is 0 Å². The number of sulfonamides is 1. The lowest BCUT2D eigenvalue weighted by atomic mass is 10.1. The number of carbonyl (C=O) groups is 2. The number of nitrogens with zero attached hydrogens (tertiary/aromatic N) is 1. The van der Waals surface area contributed by atoms with E-state index in [1.54, 1.807) is 25.1 Å². The highest BCUT2D eigenvalue weighted by molar-refractivity contribution is 7.93. The van der Waals surface area contributed by atoms with E-state index in [0.717, 1.165) is 0 Å². The summed E-state index contributed by atoms with van der Waals surface area (Å²) in [5.41, 5.74) is 1.70. The maximum Gasteiger partial charge on any atom is 0.313 e. The van der Waals surface area contributed by atoms with Crippen LogP contribution in [0.15, 0.2) is 18.2 Å². The van der Waals surface area contributed by atoms with Gasteiger partial charge in [-0.05, 0) is 37.1 Å². The van der Waals surface area contributed by atoms with Crippen molar-refractivity contribution in [3.05, 3.63) is 23.8 Å². The summed E-state index contributed by atoms with van der Waals surface area (Å²) >= 11 is 0. The zero-order valence-electron chi connectivity index (χ0n) is 13.7. The van der Waals surface area contributed by atoms with Gasteiger partial charge >= 0.3 is 11.8 Å². The minimum absolute atomic E-state index is 0.145. The van der Waals surface area contributed by atoms with Crippen LogP contribution in [0.1, 0.15) is 12.0 Å². The second-order valence-corrected chi connectivity index (χ2v) is 7.46. The van der Waals surface area contributed by atoms with E-state index in [-0.39, 0.29) is 12.3 Å². The molecule has 0 aromatic heterocycles. The number of aryl methyl sites for hydroxylation is 1. The Balaban J connectivity index is 2.05. The molecular weight excluding hydrogens is 334 g/mol. The van der Waals surface area contributed by atoms with Crippen LogP contribution in [0.5, 0.6) is 0 Å². The molecule has 132 valence electrons. The fourth-order valence-electron chi connectivity index (χ4n) is 2.40. The van der Waals surface area contributed by atoms with Gasteiger partial charge in [-0.3, -0.25) is 13.9 Å². The van der Waals surface area contributed by atoms with E-state index in [9.17, 15) is 18.0 Å². The van der Waals surface area contributed by atoms with Crippen molar-refractivity contribution in [1.82, 2.24) is 5.32 Å². The quantitative estimate of drug-likeness (QED) is 0.581. The van der Waals surface area contributed by atoms with Crippen LogP contribution in [0.4, 0.5) is 11.4 Å². The number of amides is 2. The van der Waals surface area contributed by atoms with Gasteiger partial charge in [0.2, 0.25) is 10.0 Å². The average Bonchev–Trinajstić information content (AvgIpc) is 2.88. The van der Waals surface area contributed by atoms with E-state index in [0.29, 0.717) is 36.5 Å². The Labute approximate surface area is 141 Å². The van der Waals surface area contributed by atoms with Crippen LogP contribution >= 0.6 is 0 Å². The Bertz CT molecular complexity index is 733. The van der Waals surface area contributed by atoms with Gasteiger partial charge in [0.15, 0.2) is 0 Å². The van der Waals surface area contributed by atoms with Gasteiger partial charge in [-0.2, -0.15) is 0 Å². The second kappa shape index (κ2) is 7.63. The third kappa shape index (κ3) is 4.24. The summed E-state index contributed by atoms with van der Waals surface area (Å²) in [6, 6.07) is 4.90. The van der Waals surface area contributed by atoms with Crippen molar-refractivity contribution in [3.8, 4) is 0 Å².